The molecule has 0 aliphatic rings. The third-order valence-corrected chi connectivity index (χ3v) is 3.89. The molecule has 2 aromatic heterocycles. The van der Waals surface area contributed by atoms with Gasteiger partial charge < -0.3 is 0 Å². The van der Waals surface area contributed by atoms with Gasteiger partial charge in [0.15, 0.2) is 0 Å². The van der Waals surface area contributed by atoms with E-state index in [1.807, 2.05) is 0 Å². The molecule has 0 saturated carbocycles. The largest absolute Gasteiger partial charge is 0.277 e. The summed E-state index contributed by atoms with van der Waals surface area (Å²) in [6.07, 6.45) is 4.08. The number of sulfonamides is 1. The number of hydrogen-bond acceptors (Lipinski definition) is 5. The molecule has 1 aromatic carbocycles. The number of para-hydroxylation sites is 1. The zero-order valence-electron chi connectivity index (χ0n) is 9.63. The van der Waals surface area contributed by atoms with Crippen LogP contribution in [0.4, 0.5) is 0 Å². The van der Waals surface area contributed by atoms with Crippen LogP contribution in [0.2, 0.25) is 0 Å². The second-order valence-electron chi connectivity index (χ2n) is 3.80. The molecule has 7 nitrogen and oxygen atoms in total. The number of nitrogens with zero attached hydrogens (tertiary/aromatic N) is 4. The summed E-state index contributed by atoms with van der Waals surface area (Å²) in [7, 11) is -3.74. The first kappa shape index (κ1) is 11.6. The molecule has 0 unspecified atom stereocenters. The van der Waals surface area contributed by atoms with Crippen LogP contribution in [0.1, 0.15) is 0 Å². The van der Waals surface area contributed by atoms with Gasteiger partial charge in [0.05, 0.1) is 5.52 Å². The number of benzene rings is 1. The van der Waals surface area contributed by atoms with Crippen molar-refractivity contribution in [3.8, 4) is 0 Å². The molecular formula is C11H9N5O2S. The van der Waals surface area contributed by atoms with Gasteiger partial charge in [-0.15, -0.1) is 10.2 Å². The van der Waals surface area contributed by atoms with Crippen molar-refractivity contribution in [2.45, 2.75) is 4.90 Å². The molecule has 19 heavy (non-hydrogen) atoms. The van der Waals surface area contributed by atoms with Gasteiger partial charge in [0.1, 0.15) is 17.6 Å². The van der Waals surface area contributed by atoms with E-state index in [9.17, 15) is 8.42 Å². The maximum absolute atomic E-state index is 12.3. The molecule has 0 spiro atoms. The highest BCUT2D eigenvalue weighted by molar-refractivity contribution is 7.92. The lowest BCUT2D eigenvalue weighted by Gasteiger charge is -2.09. The van der Waals surface area contributed by atoms with Gasteiger partial charge in [-0.05, 0) is 12.1 Å². The summed E-state index contributed by atoms with van der Waals surface area (Å²) in [6, 6.07) is 8.54. The lowest BCUT2D eigenvalue weighted by atomic mass is 10.2. The Balaban J connectivity index is 2.13. The van der Waals surface area contributed by atoms with Gasteiger partial charge >= 0.3 is 0 Å². The highest BCUT2D eigenvalue weighted by Crippen LogP contribution is 2.20. The smallest absolute Gasteiger partial charge is 0.255 e. The van der Waals surface area contributed by atoms with Crippen LogP contribution >= 0.6 is 0 Å². The summed E-state index contributed by atoms with van der Waals surface area (Å²) in [5.74, 6) is 0. The molecule has 8 heteroatoms. The zero-order valence-corrected chi connectivity index (χ0v) is 10.4. The van der Waals surface area contributed by atoms with Crippen LogP contribution in [0.25, 0.3) is 10.9 Å². The average molecular weight is 275 g/mol. The average Bonchev–Trinajstić information content (AvgIpc) is 2.90. The van der Waals surface area contributed by atoms with Gasteiger partial charge in [0, 0.05) is 11.6 Å². The molecule has 3 rings (SSSR count). The van der Waals surface area contributed by atoms with Crippen molar-refractivity contribution in [3.05, 3.63) is 49.2 Å². The van der Waals surface area contributed by atoms with Crippen molar-refractivity contribution in [1.29, 1.82) is 0 Å². The van der Waals surface area contributed by atoms with Crippen LogP contribution in [0.15, 0.2) is 54.1 Å². The van der Waals surface area contributed by atoms with E-state index in [-0.39, 0.29) is 4.90 Å². The van der Waals surface area contributed by atoms with Gasteiger partial charge in [-0.1, -0.05) is 18.2 Å². The third kappa shape index (κ3) is 2.13. The minimum atomic E-state index is -3.74. The fourth-order valence-electron chi connectivity index (χ4n) is 1.73. The zero-order chi connectivity index (χ0) is 13.3. The monoisotopic (exact) mass is 275 g/mol. The molecular weight excluding hydrogens is 266 g/mol. The Morgan fingerprint density at radius 3 is 2.58 bits per heavy atom. The van der Waals surface area contributed by atoms with Crippen molar-refractivity contribution >= 4 is 20.9 Å². The van der Waals surface area contributed by atoms with Crippen LogP contribution in [0, 0.1) is 0 Å². The van der Waals surface area contributed by atoms with Crippen molar-refractivity contribution in [2.24, 2.45) is 0 Å². The third-order valence-electron chi connectivity index (χ3n) is 2.53. The van der Waals surface area contributed by atoms with Crippen molar-refractivity contribution in [2.75, 3.05) is 4.83 Å². The predicted molar refractivity (Wildman–Crippen MR) is 68.3 cm³/mol. The molecule has 0 amide bonds. The number of nitrogens with one attached hydrogen (secondary N) is 1. The molecule has 0 aliphatic carbocycles. The molecule has 0 saturated heterocycles. The summed E-state index contributed by atoms with van der Waals surface area (Å²) in [6.45, 7) is 0. The highest BCUT2D eigenvalue weighted by atomic mass is 32.2. The van der Waals surface area contributed by atoms with E-state index in [0.29, 0.717) is 5.52 Å². The van der Waals surface area contributed by atoms with Gasteiger partial charge in [0.25, 0.3) is 10.0 Å². The summed E-state index contributed by atoms with van der Waals surface area (Å²) in [4.78, 5) is 6.56. The standard InChI is InChI=1S/C11H9N5O2S/c17-19(18,15-16-7-13-14-8-16)10-5-1-3-9-4-2-6-12-11(9)10/h1-8,15H. The Morgan fingerprint density at radius 2 is 1.79 bits per heavy atom. The molecule has 0 aliphatic heterocycles. The molecule has 0 bridgehead atoms. The number of hydrogen-bond donors (Lipinski definition) is 1. The van der Waals surface area contributed by atoms with E-state index in [1.165, 1.54) is 18.7 Å². The molecule has 1 N–H and O–H groups in total. The Kier molecular flexibility index (Phi) is 2.64. The first-order chi connectivity index (χ1) is 9.17. The van der Waals surface area contributed by atoms with Gasteiger partial charge in [0.2, 0.25) is 0 Å². The second kappa shape index (κ2) is 4.32. The van der Waals surface area contributed by atoms with Gasteiger partial charge in [-0.2, -0.15) is 8.42 Å². The lowest BCUT2D eigenvalue weighted by Crippen LogP contribution is -2.22. The van der Waals surface area contributed by atoms with Gasteiger partial charge in [-0.25, -0.2) is 9.51 Å². The first-order valence-electron chi connectivity index (χ1n) is 5.38. The molecule has 0 fully saturated rings. The van der Waals surface area contributed by atoms with E-state index in [0.717, 1.165) is 10.1 Å². The Labute approximate surface area is 108 Å². The fraction of sp³-hybridized carbons (Fsp3) is 0. The van der Waals surface area contributed by atoms with Crippen LogP contribution in [-0.4, -0.2) is 28.3 Å². The Morgan fingerprint density at radius 1 is 1.05 bits per heavy atom. The SMILES string of the molecule is O=S(=O)(Nn1cnnc1)c1cccc2cccnc12. The van der Waals surface area contributed by atoms with Crippen molar-refractivity contribution in [1.82, 2.24) is 19.9 Å². The minimum absolute atomic E-state index is 0.110. The van der Waals surface area contributed by atoms with E-state index < -0.39 is 10.0 Å². The van der Waals surface area contributed by atoms with E-state index in [2.05, 4.69) is 20.0 Å². The van der Waals surface area contributed by atoms with Crippen LogP contribution in [0.5, 0.6) is 0 Å². The maximum atomic E-state index is 12.3. The quantitative estimate of drug-likeness (QED) is 0.762. The first-order valence-corrected chi connectivity index (χ1v) is 6.86. The summed E-state index contributed by atoms with van der Waals surface area (Å²) < 4.78 is 25.7. The highest BCUT2D eigenvalue weighted by Gasteiger charge is 2.18. The van der Waals surface area contributed by atoms with Crippen LogP contribution in [-0.2, 0) is 10.0 Å². The van der Waals surface area contributed by atoms with Crippen LogP contribution < -0.4 is 4.83 Å². The summed E-state index contributed by atoms with van der Waals surface area (Å²) in [5.41, 5.74) is 0.422. The Bertz CT molecular complexity index is 809. The van der Waals surface area contributed by atoms with Crippen molar-refractivity contribution < 1.29 is 8.42 Å². The second-order valence-corrected chi connectivity index (χ2v) is 5.42. The topological polar surface area (TPSA) is 89.8 Å². The normalized spacial score (nSPS) is 11.6. The number of rotatable bonds is 3. The summed E-state index contributed by atoms with van der Waals surface area (Å²) >= 11 is 0. The lowest BCUT2D eigenvalue weighted by molar-refractivity contribution is 0.596. The number of pyridine rings is 1. The number of aromatic nitrogens is 4. The molecule has 96 valence electrons. The van der Waals surface area contributed by atoms with E-state index in [4.69, 9.17) is 0 Å². The molecule has 2 heterocycles. The molecule has 3 aromatic rings. The minimum Gasteiger partial charge on any atom is -0.255 e. The maximum Gasteiger partial charge on any atom is 0.277 e. The predicted octanol–water partition coefficient (Wildman–Crippen LogP) is 0.759. The Hall–Kier alpha value is -2.48. The van der Waals surface area contributed by atoms with Gasteiger partial charge in [-0.3, -0.25) is 4.98 Å². The van der Waals surface area contributed by atoms with Crippen molar-refractivity contribution in [3.63, 3.8) is 0 Å². The molecule has 0 radical (unpaired) electrons. The van der Waals surface area contributed by atoms with Crippen LogP contribution in [0.3, 0.4) is 0 Å². The summed E-state index contributed by atoms with van der Waals surface area (Å²) in [5, 5.41) is 7.82. The fourth-order valence-corrected chi connectivity index (χ4v) is 2.88. The molecule has 0 atom stereocenters. The van der Waals surface area contributed by atoms with E-state index >= 15 is 0 Å². The number of fused-ring (bicyclic) bond motifs is 1. The van der Waals surface area contributed by atoms with E-state index in [1.54, 1.807) is 30.5 Å².